The third kappa shape index (κ3) is 17.7. The monoisotopic (exact) mass is 846 g/mol. The highest BCUT2D eigenvalue weighted by Gasteiger charge is 2.31. The molecule has 21 heteroatoms. The van der Waals surface area contributed by atoms with Crippen molar-refractivity contribution in [3.05, 3.63) is 65.7 Å². The third-order valence-electron chi connectivity index (χ3n) is 8.69. The number of aliphatic hydroxyl groups is 2. The van der Waals surface area contributed by atoms with Crippen molar-refractivity contribution in [2.45, 2.75) is 69.4 Å². The van der Waals surface area contributed by atoms with Gasteiger partial charge in [-0.25, -0.2) is 4.79 Å². The van der Waals surface area contributed by atoms with Gasteiger partial charge >= 0.3 is 5.97 Å². The maximum Gasteiger partial charge on any atom is 0.326 e. The van der Waals surface area contributed by atoms with Crippen molar-refractivity contribution in [3.63, 3.8) is 0 Å². The number of phenolic OH excluding ortho intramolecular Hbond substituents is 1. The van der Waals surface area contributed by atoms with Crippen LogP contribution in [0.15, 0.2) is 54.6 Å². The zero-order valence-corrected chi connectivity index (χ0v) is 33.8. The van der Waals surface area contributed by atoms with Gasteiger partial charge in [0.15, 0.2) is 0 Å². The molecule has 324 valence electrons. The van der Waals surface area contributed by atoms with E-state index in [-0.39, 0.29) is 30.9 Å². The number of carboxylic acids is 1. The van der Waals surface area contributed by atoms with E-state index in [2.05, 4.69) is 37.2 Å². The lowest BCUT2D eigenvalue weighted by atomic mass is 10.0. The van der Waals surface area contributed by atoms with E-state index in [0.29, 0.717) is 16.9 Å². The molecule has 0 fully saturated rings. The summed E-state index contributed by atoms with van der Waals surface area (Å²) in [6.45, 7) is 0.168. The van der Waals surface area contributed by atoms with Crippen molar-refractivity contribution in [3.8, 4) is 5.75 Å². The number of aliphatic carboxylic acids is 1. The molecule has 2 rings (SSSR count). The summed E-state index contributed by atoms with van der Waals surface area (Å²) in [6.07, 6.45) is 1.80. The second kappa shape index (κ2) is 25.6. The van der Waals surface area contributed by atoms with E-state index in [9.17, 15) is 58.8 Å². The molecule has 0 aliphatic carbocycles. The number of aliphatic hydroxyl groups excluding tert-OH is 2. The maximum atomic E-state index is 13.3. The molecule has 0 heterocycles. The Morgan fingerprint density at radius 1 is 0.610 bits per heavy atom. The fraction of sp³-hybridized carbons (Fsp3) is 0.474. The number of carboxylic acid groups (broad SMARTS) is 1. The van der Waals surface area contributed by atoms with E-state index in [1.54, 1.807) is 50.4 Å². The molecular weight excluding hydrogens is 793 g/mol. The average Bonchev–Trinajstić information content (AvgIpc) is 3.21. The molecule has 0 aliphatic heterocycles. The van der Waals surface area contributed by atoms with Gasteiger partial charge in [0.05, 0.1) is 32.3 Å². The van der Waals surface area contributed by atoms with Gasteiger partial charge in [-0.2, -0.15) is 11.8 Å². The van der Waals surface area contributed by atoms with Gasteiger partial charge in [0.1, 0.15) is 36.0 Å². The molecule has 0 radical (unpaired) electrons. The molecule has 7 amide bonds. The molecule has 0 spiro atoms. The molecule has 6 atom stereocenters. The standard InChI is InChI=1S/C38H54N8O12S/c1-21(2)32(39)37(56)44-25(13-14-59-3)33(52)40-18-31(51)43-28(19-47)35(54)46-29(20-48)36(55)45-26(15-23-9-11-24(49)12-10-23)34(53)41-17-30(50)42-27(38(57)58)16-22-7-5-4-6-8-22/h4-12,21,25-29,32,47-49H,13-20,39H2,1-3H3,(H,40,52)(H,41,53)(H,42,50)(H,43,51)(H,44,56)(H,45,55)(H,46,54)(H,57,58)/t25-,26-,27-,28-,29-,32-/m0/s1. The molecule has 0 aromatic heterocycles. The molecule has 0 saturated carbocycles. The van der Waals surface area contributed by atoms with Crippen molar-refractivity contribution in [1.82, 2.24) is 37.2 Å². The number of benzene rings is 2. The number of amides is 7. The Morgan fingerprint density at radius 3 is 1.58 bits per heavy atom. The zero-order valence-electron chi connectivity index (χ0n) is 32.9. The van der Waals surface area contributed by atoms with Gasteiger partial charge in [0.2, 0.25) is 41.4 Å². The molecule has 59 heavy (non-hydrogen) atoms. The minimum absolute atomic E-state index is 0.0323. The van der Waals surface area contributed by atoms with E-state index >= 15 is 0 Å². The van der Waals surface area contributed by atoms with Crippen molar-refractivity contribution < 1.29 is 58.8 Å². The number of carbonyl (C=O) groups is 8. The van der Waals surface area contributed by atoms with Crippen LogP contribution in [0.3, 0.4) is 0 Å². The molecular formula is C38H54N8O12S. The summed E-state index contributed by atoms with van der Waals surface area (Å²) in [5, 5.41) is 55.5. The Bertz CT molecular complexity index is 1730. The van der Waals surface area contributed by atoms with Gasteiger partial charge in [0, 0.05) is 12.8 Å². The van der Waals surface area contributed by atoms with Gasteiger partial charge in [-0.1, -0.05) is 56.3 Å². The summed E-state index contributed by atoms with van der Waals surface area (Å²) in [7, 11) is 0. The van der Waals surface area contributed by atoms with Crippen LogP contribution in [-0.2, 0) is 51.2 Å². The Labute approximate surface area is 345 Å². The first-order valence-electron chi connectivity index (χ1n) is 18.6. The average molecular weight is 847 g/mol. The van der Waals surface area contributed by atoms with Crippen LogP contribution in [0.5, 0.6) is 5.75 Å². The Kier molecular flexibility index (Phi) is 21.4. The van der Waals surface area contributed by atoms with Crippen LogP contribution in [0.1, 0.15) is 31.4 Å². The van der Waals surface area contributed by atoms with Gasteiger partial charge < -0.3 is 63.4 Å². The summed E-state index contributed by atoms with van der Waals surface area (Å²) in [4.78, 5) is 102. The molecule has 0 unspecified atom stereocenters. The second-order valence-corrected chi connectivity index (χ2v) is 14.7. The van der Waals surface area contributed by atoms with Crippen molar-refractivity contribution in [2.75, 3.05) is 38.3 Å². The van der Waals surface area contributed by atoms with Crippen molar-refractivity contribution in [2.24, 2.45) is 11.7 Å². The lowest BCUT2D eigenvalue weighted by Crippen LogP contribution is -2.59. The fourth-order valence-electron chi connectivity index (χ4n) is 5.21. The molecule has 2 aromatic carbocycles. The highest BCUT2D eigenvalue weighted by atomic mass is 32.2. The first-order chi connectivity index (χ1) is 28.0. The summed E-state index contributed by atoms with van der Waals surface area (Å²) in [6, 6.07) is 6.08. The smallest absolute Gasteiger partial charge is 0.326 e. The lowest BCUT2D eigenvalue weighted by Gasteiger charge is -2.24. The lowest BCUT2D eigenvalue weighted by molar-refractivity contribution is -0.141. The van der Waals surface area contributed by atoms with Crippen LogP contribution >= 0.6 is 11.8 Å². The van der Waals surface area contributed by atoms with Crippen LogP contribution in [0.2, 0.25) is 0 Å². The first-order valence-corrected chi connectivity index (χ1v) is 19.9. The summed E-state index contributed by atoms with van der Waals surface area (Å²) >= 11 is 1.43. The highest BCUT2D eigenvalue weighted by molar-refractivity contribution is 7.98. The number of hydrogen-bond acceptors (Lipinski definition) is 13. The van der Waals surface area contributed by atoms with Gasteiger partial charge in [-0.3, -0.25) is 33.6 Å². The molecule has 2 aromatic rings. The fourth-order valence-corrected chi connectivity index (χ4v) is 5.68. The minimum Gasteiger partial charge on any atom is -0.508 e. The van der Waals surface area contributed by atoms with Crippen LogP contribution in [0.4, 0.5) is 0 Å². The Balaban J connectivity index is 2.06. The normalized spacial score (nSPS) is 13.9. The summed E-state index contributed by atoms with van der Waals surface area (Å²) < 4.78 is 0. The number of carbonyl (C=O) groups excluding carboxylic acids is 7. The second-order valence-electron chi connectivity index (χ2n) is 13.7. The number of thioether (sulfide) groups is 1. The number of hydrogen-bond donors (Lipinski definition) is 12. The quantitative estimate of drug-likeness (QED) is 0.0465. The number of aromatic hydroxyl groups is 1. The van der Waals surface area contributed by atoms with Gasteiger partial charge in [0.25, 0.3) is 0 Å². The molecule has 13 N–H and O–H groups in total. The molecule has 0 bridgehead atoms. The molecule has 0 saturated heterocycles. The van der Waals surface area contributed by atoms with E-state index in [1.165, 1.54) is 36.0 Å². The predicted molar refractivity (Wildman–Crippen MR) is 215 cm³/mol. The van der Waals surface area contributed by atoms with Crippen LogP contribution in [-0.4, -0.2) is 142 Å². The third-order valence-corrected chi connectivity index (χ3v) is 9.33. The molecule has 20 nitrogen and oxygen atoms in total. The van der Waals surface area contributed by atoms with Crippen molar-refractivity contribution in [1.29, 1.82) is 0 Å². The van der Waals surface area contributed by atoms with Crippen molar-refractivity contribution >= 4 is 59.1 Å². The Morgan fingerprint density at radius 2 is 1.07 bits per heavy atom. The predicted octanol–water partition coefficient (Wildman–Crippen LogP) is -3.36. The largest absolute Gasteiger partial charge is 0.508 e. The number of rotatable bonds is 25. The van der Waals surface area contributed by atoms with E-state index in [4.69, 9.17) is 5.73 Å². The molecule has 0 aliphatic rings. The maximum absolute atomic E-state index is 13.3. The van der Waals surface area contributed by atoms with E-state index in [0.717, 1.165) is 0 Å². The summed E-state index contributed by atoms with van der Waals surface area (Å²) in [5.74, 6) is -7.20. The summed E-state index contributed by atoms with van der Waals surface area (Å²) in [5.41, 5.74) is 6.97. The Hall–Kier alpha value is -5.77. The highest BCUT2D eigenvalue weighted by Crippen LogP contribution is 2.12. The van der Waals surface area contributed by atoms with Gasteiger partial charge in [-0.15, -0.1) is 0 Å². The van der Waals surface area contributed by atoms with Crippen LogP contribution < -0.4 is 43.0 Å². The van der Waals surface area contributed by atoms with E-state index < -0.39 is 110 Å². The minimum atomic E-state index is -1.72. The van der Waals surface area contributed by atoms with Gasteiger partial charge in [-0.05, 0) is 47.6 Å². The first kappa shape index (κ1) is 49.4. The topological polar surface area (TPSA) is 328 Å². The van der Waals surface area contributed by atoms with Crippen LogP contribution in [0.25, 0.3) is 0 Å². The number of nitrogens with two attached hydrogens (primary N) is 1. The SMILES string of the molecule is CSCC[C@H](NC(=O)[C@@H](N)C(C)C)C(=O)NCC(=O)N[C@@H](CO)C(=O)N[C@@H](CO)C(=O)N[C@@H](Cc1ccc(O)cc1)C(=O)NCC(=O)N[C@@H](Cc1ccccc1)C(=O)O. The zero-order chi connectivity index (χ0) is 44.1. The van der Waals surface area contributed by atoms with E-state index in [1.807, 2.05) is 0 Å². The number of phenols is 1. The van der Waals surface area contributed by atoms with Crippen LogP contribution in [0, 0.1) is 5.92 Å². The number of nitrogens with one attached hydrogen (secondary N) is 7.